The molecule has 0 saturated carbocycles. The van der Waals surface area contributed by atoms with Gasteiger partial charge in [0, 0.05) is 23.5 Å². The number of aryl methyl sites for hydroxylation is 2. The number of aromatic nitrogens is 1. The maximum Gasteiger partial charge on any atom is 0.308 e. The summed E-state index contributed by atoms with van der Waals surface area (Å²) in [7, 11) is 0. The highest BCUT2D eigenvalue weighted by Gasteiger charge is 2.21. The van der Waals surface area contributed by atoms with Crippen LogP contribution in [0.2, 0.25) is 0 Å². The van der Waals surface area contributed by atoms with Crippen LogP contribution in [0.25, 0.3) is 11.3 Å². The van der Waals surface area contributed by atoms with Gasteiger partial charge in [-0.2, -0.15) is 0 Å². The number of aliphatic carboxylic acids is 1. The number of hydrogen-bond donors (Lipinski definition) is 1. The van der Waals surface area contributed by atoms with Gasteiger partial charge in [-0.3, -0.25) is 4.79 Å². The molecule has 2 aromatic rings. The van der Waals surface area contributed by atoms with E-state index in [1.807, 2.05) is 0 Å². The minimum atomic E-state index is -0.799. The van der Waals surface area contributed by atoms with Gasteiger partial charge in [0.2, 0.25) is 0 Å². The molecule has 5 heteroatoms. The zero-order valence-electron chi connectivity index (χ0n) is 14.3. The molecule has 1 aliphatic rings. The summed E-state index contributed by atoms with van der Waals surface area (Å²) in [6.45, 7) is 6.18. The lowest BCUT2D eigenvalue weighted by Gasteiger charge is -2.18. The fraction of sp³-hybridized carbons (Fsp3) is 0.474. The molecule has 0 unspecified atom stereocenters. The maximum atomic E-state index is 11.3. The average molecular weight is 344 g/mol. The number of rotatable bonds is 4. The highest BCUT2D eigenvalue weighted by molar-refractivity contribution is 7.16. The summed E-state index contributed by atoms with van der Waals surface area (Å²) >= 11 is 1.55. The molecule has 0 atom stereocenters. The lowest BCUT2D eigenvalue weighted by Crippen LogP contribution is -2.23. The second kappa shape index (κ2) is 7.34. The number of anilines is 1. The molecule has 0 aliphatic carbocycles. The van der Waals surface area contributed by atoms with Gasteiger partial charge in [0.1, 0.15) is 0 Å². The molecule has 1 aromatic carbocycles. The van der Waals surface area contributed by atoms with Crippen LogP contribution in [0.15, 0.2) is 18.2 Å². The highest BCUT2D eigenvalue weighted by Crippen LogP contribution is 2.36. The summed E-state index contributed by atoms with van der Waals surface area (Å²) in [5.74, 6) is -0.799. The molecule has 0 bridgehead atoms. The molecule has 1 N–H and O–H groups in total. The van der Waals surface area contributed by atoms with Crippen molar-refractivity contribution in [3.63, 3.8) is 0 Å². The van der Waals surface area contributed by atoms with E-state index in [1.54, 1.807) is 11.3 Å². The molecule has 4 nitrogen and oxygen atoms in total. The van der Waals surface area contributed by atoms with Gasteiger partial charge in [-0.1, -0.05) is 36.6 Å². The lowest BCUT2D eigenvalue weighted by atomic mass is 10.0. The third kappa shape index (κ3) is 3.78. The SMILES string of the molecule is Cc1ccc(-c2nc(N3CCCCCC3)sc2CC(=O)O)c(C)c1. The Morgan fingerprint density at radius 1 is 1.21 bits per heavy atom. The Kier molecular flexibility index (Phi) is 5.19. The van der Waals surface area contributed by atoms with Crippen LogP contribution in [0.5, 0.6) is 0 Å². The van der Waals surface area contributed by atoms with Crippen molar-refractivity contribution in [2.24, 2.45) is 0 Å². The average Bonchev–Trinajstić information content (AvgIpc) is 2.75. The van der Waals surface area contributed by atoms with Crippen LogP contribution in [0.3, 0.4) is 0 Å². The number of hydrogen-bond acceptors (Lipinski definition) is 4. The second-order valence-electron chi connectivity index (χ2n) is 6.56. The van der Waals surface area contributed by atoms with Crippen molar-refractivity contribution < 1.29 is 9.90 Å². The van der Waals surface area contributed by atoms with Crippen LogP contribution in [0.4, 0.5) is 5.13 Å². The van der Waals surface area contributed by atoms with E-state index in [4.69, 9.17) is 4.98 Å². The zero-order chi connectivity index (χ0) is 17.1. The number of carboxylic acid groups (broad SMARTS) is 1. The molecule has 1 saturated heterocycles. The first-order valence-electron chi connectivity index (χ1n) is 8.58. The van der Waals surface area contributed by atoms with Crippen molar-refractivity contribution in [2.45, 2.75) is 46.0 Å². The van der Waals surface area contributed by atoms with Crippen LogP contribution in [0.1, 0.15) is 41.7 Å². The molecule has 2 heterocycles. The van der Waals surface area contributed by atoms with E-state index in [-0.39, 0.29) is 6.42 Å². The molecule has 1 aliphatic heterocycles. The zero-order valence-corrected chi connectivity index (χ0v) is 15.2. The number of benzene rings is 1. The molecule has 3 rings (SSSR count). The number of carbonyl (C=O) groups is 1. The Morgan fingerprint density at radius 2 is 1.92 bits per heavy atom. The predicted octanol–water partition coefficient (Wildman–Crippen LogP) is 4.43. The summed E-state index contributed by atoms with van der Waals surface area (Å²) in [5, 5.41) is 10.3. The van der Waals surface area contributed by atoms with E-state index in [2.05, 4.69) is 36.9 Å². The monoisotopic (exact) mass is 344 g/mol. The fourth-order valence-corrected chi connectivity index (χ4v) is 4.40. The van der Waals surface area contributed by atoms with Crippen LogP contribution < -0.4 is 4.90 Å². The largest absolute Gasteiger partial charge is 0.481 e. The third-order valence-corrected chi connectivity index (χ3v) is 5.63. The fourth-order valence-electron chi connectivity index (χ4n) is 3.28. The van der Waals surface area contributed by atoms with Gasteiger partial charge in [-0.15, -0.1) is 11.3 Å². The molecule has 0 radical (unpaired) electrons. The summed E-state index contributed by atoms with van der Waals surface area (Å²) < 4.78 is 0. The van der Waals surface area contributed by atoms with E-state index >= 15 is 0 Å². The van der Waals surface area contributed by atoms with Gasteiger partial charge in [-0.25, -0.2) is 4.98 Å². The standard InChI is InChI=1S/C19H24N2O2S/c1-13-7-8-15(14(2)11-13)18-16(12-17(22)23)24-19(20-18)21-9-5-3-4-6-10-21/h7-8,11H,3-6,9-10,12H2,1-2H3,(H,22,23). The first-order chi connectivity index (χ1) is 11.5. The van der Waals surface area contributed by atoms with Crippen LogP contribution in [-0.4, -0.2) is 29.1 Å². The number of carboxylic acids is 1. The van der Waals surface area contributed by atoms with Crippen molar-refractivity contribution in [3.05, 3.63) is 34.2 Å². The highest BCUT2D eigenvalue weighted by atomic mass is 32.1. The smallest absolute Gasteiger partial charge is 0.308 e. The molecule has 128 valence electrons. The Labute approximate surface area is 147 Å². The Bertz CT molecular complexity index is 731. The van der Waals surface area contributed by atoms with Crippen molar-refractivity contribution >= 4 is 22.4 Å². The summed E-state index contributed by atoms with van der Waals surface area (Å²) in [5.41, 5.74) is 4.25. The Hall–Kier alpha value is -1.88. The van der Waals surface area contributed by atoms with Crippen LogP contribution >= 0.6 is 11.3 Å². The number of thiazole rings is 1. The van der Waals surface area contributed by atoms with E-state index in [1.165, 1.54) is 31.2 Å². The summed E-state index contributed by atoms with van der Waals surface area (Å²) in [4.78, 5) is 19.4. The Morgan fingerprint density at radius 3 is 2.54 bits per heavy atom. The van der Waals surface area contributed by atoms with Gasteiger partial charge < -0.3 is 10.0 Å². The predicted molar refractivity (Wildman–Crippen MR) is 99.0 cm³/mol. The second-order valence-corrected chi connectivity index (χ2v) is 7.62. The third-order valence-electron chi connectivity index (χ3n) is 4.51. The van der Waals surface area contributed by atoms with E-state index < -0.39 is 5.97 Å². The van der Waals surface area contributed by atoms with Gasteiger partial charge in [0.15, 0.2) is 5.13 Å². The van der Waals surface area contributed by atoms with E-state index in [0.29, 0.717) is 0 Å². The van der Waals surface area contributed by atoms with Crippen molar-refractivity contribution in [3.8, 4) is 11.3 Å². The van der Waals surface area contributed by atoms with Crippen molar-refractivity contribution in [1.29, 1.82) is 0 Å². The van der Waals surface area contributed by atoms with Crippen molar-refractivity contribution in [2.75, 3.05) is 18.0 Å². The van der Waals surface area contributed by atoms with Crippen LogP contribution in [-0.2, 0) is 11.2 Å². The minimum Gasteiger partial charge on any atom is -0.481 e. The van der Waals surface area contributed by atoms with Gasteiger partial charge in [0.05, 0.1) is 12.1 Å². The summed E-state index contributed by atoms with van der Waals surface area (Å²) in [6, 6.07) is 6.26. The van der Waals surface area contributed by atoms with E-state index in [0.717, 1.165) is 39.9 Å². The summed E-state index contributed by atoms with van der Waals surface area (Å²) in [6.07, 6.45) is 4.95. The molecule has 1 aromatic heterocycles. The minimum absolute atomic E-state index is 0.0359. The van der Waals surface area contributed by atoms with Crippen molar-refractivity contribution in [1.82, 2.24) is 4.98 Å². The first-order valence-corrected chi connectivity index (χ1v) is 9.40. The first kappa shape index (κ1) is 17.0. The quantitative estimate of drug-likeness (QED) is 0.891. The molecule has 0 amide bonds. The maximum absolute atomic E-state index is 11.3. The topological polar surface area (TPSA) is 53.4 Å². The lowest BCUT2D eigenvalue weighted by molar-refractivity contribution is -0.136. The molecular formula is C19H24N2O2S. The van der Waals surface area contributed by atoms with Crippen LogP contribution in [0, 0.1) is 13.8 Å². The molecule has 0 spiro atoms. The van der Waals surface area contributed by atoms with Gasteiger partial charge >= 0.3 is 5.97 Å². The normalized spacial score (nSPS) is 15.3. The van der Waals surface area contributed by atoms with E-state index in [9.17, 15) is 9.90 Å². The Balaban J connectivity index is 2.01. The molecule has 24 heavy (non-hydrogen) atoms. The molecule has 1 fully saturated rings. The van der Waals surface area contributed by atoms with Gasteiger partial charge in [-0.05, 0) is 32.3 Å². The molecular weight excluding hydrogens is 320 g/mol. The number of nitrogens with zero attached hydrogens (tertiary/aromatic N) is 2. The van der Waals surface area contributed by atoms with Gasteiger partial charge in [0.25, 0.3) is 0 Å².